The molecule has 210 valence electrons. The van der Waals surface area contributed by atoms with Crippen LogP contribution in [0.15, 0.2) is 24.3 Å². The van der Waals surface area contributed by atoms with Crippen LogP contribution in [0.4, 0.5) is 0 Å². The molecule has 0 radical (unpaired) electrons. The molecule has 37 heavy (non-hydrogen) atoms. The Morgan fingerprint density at radius 1 is 0.622 bits per heavy atom. The molecule has 0 heterocycles. The van der Waals surface area contributed by atoms with Crippen LogP contribution in [0.2, 0.25) is 0 Å². The van der Waals surface area contributed by atoms with Gasteiger partial charge in [0.2, 0.25) is 0 Å². The molecule has 0 rings (SSSR count). The third-order valence-electron chi connectivity index (χ3n) is 5.42. The molecule has 0 atom stereocenters. The number of carbonyl (C=O) groups is 2. The lowest BCUT2D eigenvalue weighted by molar-refractivity contribution is -0.141. The SMILES string of the molecule is COC(=O)CCCCCCCC/C=C\C/C=C\CO.COC(=O)CCCCCCCCC#CC#CCO. The van der Waals surface area contributed by atoms with Crippen LogP contribution in [-0.4, -0.2) is 49.6 Å². The number of methoxy groups -OCH3 is 2. The van der Waals surface area contributed by atoms with Gasteiger partial charge in [-0.15, -0.1) is 0 Å². The van der Waals surface area contributed by atoms with E-state index in [4.69, 9.17) is 10.2 Å². The summed E-state index contributed by atoms with van der Waals surface area (Å²) in [7, 11) is 2.86. The Morgan fingerprint density at radius 3 is 1.65 bits per heavy atom. The second kappa shape index (κ2) is 33.5. The topological polar surface area (TPSA) is 93.1 Å². The van der Waals surface area contributed by atoms with Crippen molar-refractivity contribution in [1.29, 1.82) is 0 Å². The molecule has 0 bridgehead atoms. The monoisotopic (exact) mass is 518 g/mol. The van der Waals surface area contributed by atoms with E-state index in [0.717, 1.165) is 57.8 Å². The summed E-state index contributed by atoms with van der Waals surface area (Å²) in [6, 6.07) is 0. The van der Waals surface area contributed by atoms with Crippen molar-refractivity contribution in [2.24, 2.45) is 0 Å². The van der Waals surface area contributed by atoms with Crippen LogP contribution in [-0.2, 0) is 19.1 Å². The standard InChI is InChI=1S/C16H28O3.C15H22O3/c1-19-16(18)14-12-10-8-6-4-2-3-5-7-9-11-13-15-17;1-18-15(17)13-11-9-7-5-3-2-4-6-8-10-12-14-16/h5,7,11,13,17H,2-4,6,8-10,12,14-15H2,1H3;16H,2-5,7,9,11,13-14H2,1H3/b7-5-,13-11-;. The van der Waals surface area contributed by atoms with Crippen molar-refractivity contribution in [2.45, 2.75) is 109 Å². The molecule has 0 fully saturated rings. The maximum atomic E-state index is 10.9. The van der Waals surface area contributed by atoms with Crippen molar-refractivity contribution < 1.29 is 29.3 Å². The van der Waals surface area contributed by atoms with Gasteiger partial charge in [-0.1, -0.05) is 87.5 Å². The molecular formula is C31H50O6. The second-order valence-electron chi connectivity index (χ2n) is 8.56. The van der Waals surface area contributed by atoms with Gasteiger partial charge in [0, 0.05) is 19.3 Å². The van der Waals surface area contributed by atoms with E-state index in [1.165, 1.54) is 52.7 Å². The first-order valence-electron chi connectivity index (χ1n) is 13.7. The quantitative estimate of drug-likeness (QED) is 0.0881. The van der Waals surface area contributed by atoms with Crippen LogP contribution in [0.25, 0.3) is 0 Å². The van der Waals surface area contributed by atoms with E-state index >= 15 is 0 Å². The maximum Gasteiger partial charge on any atom is 0.305 e. The van der Waals surface area contributed by atoms with E-state index in [1.807, 2.05) is 6.08 Å². The number of esters is 2. The minimum absolute atomic E-state index is 0.0969. The highest BCUT2D eigenvalue weighted by Gasteiger charge is 1.99. The maximum absolute atomic E-state index is 10.9. The summed E-state index contributed by atoms with van der Waals surface area (Å²) in [5, 5.41) is 16.9. The highest BCUT2D eigenvalue weighted by molar-refractivity contribution is 5.69. The molecule has 0 aromatic carbocycles. The Hall–Kier alpha value is -2.54. The summed E-state index contributed by atoms with van der Waals surface area (Å²) in [5.41, 5.74) is 0. The second-order valence-corrected chi connectivity index (χ2v) is 8.56. The molecule has 0 aromatic heterocycles. The summed E-state index contributed by atoms with van der Waals surface area (Å²) >= 11 is 0. The molecule has 0 unspecified atom stereocenters. The average Bonchev–Trinajstić information content (AvgIpc) is 2.91. The highest BCUT2D eigenvalue weighted by atomic mass is 16.5. The molecule has 0 aliphatic heterocycles. The normalized spacial score (nSPS) is 10.2. The number of allylic oxidation sites excluding steroid dienone is 3. The van der Waals surface area contributed by atoms with Crippen LogP contribution in [0.5, 0.6) is 0 Å². The molecule has 0 saturated carbocycles. The summed E-state index contributed by atoms with van der Waals surface area (Å²) in [6.45, 7) is 0.00404. The van der Waals surface area contributed by atoms with Gasteiger partial charge in [-0.3, -0.25) is 9.59 Å². The molecule has 0 amide bonds. The molecular weight excluding hydrogens is 468 g/mol. The van der Waals surface area contributed by atoms with E-state index in [1.54, 1.807) is 6.08 Å². The number of aliphatic hydroxyl groups excluding tert-OH is 2. The third kappa shape index (κ3) is 35.7. The van der Waals surface area contributed by atoms with Crippen molar-refractivity contribution in [3.05, 3.63) is 24.3 Å². The Bertz CT molecular complexity index is 703. The Morgan fingerprint density at radius 2 is 1.11 bits per heavy atom. The highest BCUT2D eigenvalue weighted by Crippen LogP contribution is 2.10. The number of rotatable bonds is 20. The first-order chi connectivity index (χ1) is 18.1. The van der Waals surface area contributed by atoms with Gasteiger partial charge in [-0.25, -0.2) is 0 Å². The van der Waals surface area contributed by atoms with Crippen molar-refractivity contribution in [1.82, 2.24) is 0 Å². The summed E-state index contributed by atoms with van der Waals surface area (Å²) < 4.78 is 9.16. The van der Waals surface area contributed by atoms with Gasteiger partial charge < -0.3 is 19.7 Å². The number of carbonyl (C=O) groups excluding carboxylic acids is 2. The van der Waals surface area contributed by atoms with E-state index in [0.29, 0.717) is 12.8 Å². The van der Waals surface area contributed by atoms with Gasteiger partial charge in [-0.2, -0.15) is 0 Å². The molecule has 0 spiro atoms. The number of ether oxygens (including phenoxy) is 2. The van der Waals surface area contributed by atoms with E-state index in [9.17, 15) is 9.59 Å². The summed E-state index contributed by atoms with van der Waals surface area (Å²) in [6.07, 6.45) is 25.7. The Balaban J connectivity index is 0. The zero-order valence-corrected chi connectivity index (χ0v) is 23.3. The average molecular weight is 519 g/mol. The predicted octanol–water partition coefficient (Wildman–Crippen LogP) is 6.05. The van der Waals surface area contributed by atoms with Gasteiger partial charge in [0.05, 0.1) is 20.8 Å². The Labute approximate surface area is 225 Å². The fraction of sp³-hybridized carbons (Fsp3) is 0.677. The summed E-state index contributed by atoms with van der Waals surface area (Å²) in [4.78, 5) is 21.7. The minimum Gasteiger partial charge on any atom is -0.469 e. The van der Waals surface area contributed by atoms with Gasteiger partial charge in [0.25, 0.3) is 0 Å². The Kier molecular flexibility index (Phi) is 33.1. The van der Waals surface area contributed by atoms with Crippen LogP contribution in [0, 0.1) is 23.7 Å². The van der Waals surface area contributed by atoms with Crippen LogP contribution < -0.4 is 0 Å². The zero-order valence-electron chi connectivity index (χ0n) is 23.3. The molecule has 0 aliphatic rings. The molecule has 6 heteroatoms. The fourth-order valence-electron chi connectivity index (χ4n) is 3.29. The first-order valence-corrected chi connectivity index (χ1v) is 13.7. The van der Waals surface area contributed by atoms with Gasteiger partial charge in [-0.05, 0) is 50.4 Å². The van der Waals surface area contributed by atoms with Gasteiger partial charge in [0.15, 0.2) is 0 Å². The largest absolute Gasteiger partial charge is 0.469 e. The lowest BCUT2D eigenvalue weighted by Gasteiger charge is -2.00. The molecule has 6 nitrogen and oxygen atoms in total. The molecule has 0 aliphatic carbocycles. The summed E-state index contributed by atoms with van der Waals surface area (Å²) in [5.74, 6) is 10.5. The van der Waals surface area contributed by atoms with Crippen molar-refractivity contribution in [2.75, 3.05) is 27.4 Å². The van der Waals surface area contributed by atoms with E-state index < -0.39 is 0 Å². The smallest absolute Gasteiger partial charge is 0.305 e. The van der Waals surface area contributed by atoms with Crippen LogP contribution >= 0.6 is 0 Å². The van der Waals surface area contributed by atoms with Crippen molar-refractivity contribution >= 4 is 11.9 Å². The number of hydrogen-bond donors (Lipinski definition) is 2. The first kappa shape index (κ1) is 36.6. The molecule has 2 N–H and O–H groups in total. The van der Waals surface area contributed by atoms with Crippen molar-refractivity contribution in [3.8, 4) is 23.7 Å². The number of aliphatic hydroxyl groups is 2. The van der Waals surface area contributed by atoms with E-state index in [-0.39, 0.29) is 25.2 Å². The zero-order chi connectivity index (χ0) is 27.7. The van der Waals surface area contributed by atoms with Crippen LogP contribution in [0.1, 0.15) is 109 Å². The van der Waals surface area contributed by atoms with Gasteiger partial charge >= 0.3 is 11.9 Å². The molecule has 0 saturated heterocycles. The van der Waals surface area contributed by atoms with Crippen molar-refractivity contribution in [3.63, 3.8) is 0 Å². The lowest BCUT2D eigenvalue weighted by atomic mass is 10.1. The number of unbranched alkanes of at least 4 members (excludes halogenated alkanes) is 12. The number of hydrogen-bond acceptors (Lipinski definition) is 6. The molecule has 0 aromatic rings. The lowest BCUT2D eigenvalue weighted by Crippen LogP contribution is -1.99. The fourth-order valence-corrected chi connectivity index (χ4v) is 3.29. The minimum atomic E-state index is -0.125. The van der Waals surface area contributed by atoms with Gasteiger partial charge in [0.1, 0.15) is 6.61 Å². The third-order valence-corrected chi connectivity index (χ3v) is 5.42. The van der Waals surface area contributed by atoms with E-state index in [2.05, 4.69) is 45.3 Å². The van der Waals surface area contributed by atoms with Crippen LogP contribution in [0.3, 0.4) is 0 Å². The predicted molar refractivity (Wildman–Crippen MR) is 151 cm³/mol.